The van der Waals surface area contributed by atoms with Crippen LogP contribution in [-0.2, 0) is 14.3 Å². The topological polar surface area (TPSA) is 35.5 Å². The summed E-state index contributed by atoms with van der Waals surface area (Å²) in [4.78, 5) is 10.7. The first-order valence-corrected chi connectivity index (χ1v) is 5.03. The smallest absolute Gasteiger partial charge is 0.305 e. The molecule has 0 radical (unpaired) electrons. The van der Waals surface area contributed by atoms with Crippen molar-refractivity contribution < 1.29 is 23.0 Å². The number of carbonyl (C=O) groups is 1. The number of ether oxygens (including phenoxy) is 2. The molecule has 1 saturated heterocycles. The molecule has 4 atom stereocenters. The third-order valence-electron chi connectivity index (χ3n) is 2.89. The lowest BCUT2D eigenvalue weighted by Crippen LogP contribution is -2.43. The van der Waals surface area contributed by atoms with E-state index >= 15 is 0 Å². The van der Waals surface area contributed by atoms with Gasteiger partial charge >= 0.3 is 5.97 Å². The van der Waals surface area contributed by atoms with Crippen LogP contribution in [0.15, 0.2) is 0 Å². The van der Waals surface area contributed by atoms with Crippen molar-refractivity contribution >= 4 is 5.97 Å². The monoisotopic (exact) mass is 222 g/mol. The fourth-order valence-corrected chi connectivity index (χ4v) is 1.82. The average molecular weight is 222 g/mol. The van der Waals surface area contributed by atoms with Crippen molar-refractivity contribution in [2.75, 3.05) is 6.67 Å². The number of halogens is 2. The van der Waals surface area contributed by atoms with E-state index in [4.69, 9.17) is 4.74 Å². The number of esters is 1. The van der Waals surface area contributed by atoms with Gasteiger partial charge in [-0.3, -0.25) is 4.79 Å². The van der Waals surface area contributed by atoms with Crippen molar-refractivity contribution in [1.29, 1.82) is 0 Å². The molecule has 0 saturated carbocycles. The van der Waals surface area contributed by atoms with E-state index in [0.717, 1.165) is 6.92 Å². The number of hydrogen-bond acceptors (Lipinski definition) is 3. The van der Waals surface area contributed by atoms with Gasteiger partial charge in [-0.2, -0.15) is 0 Å². The van der Waals surface area contributed by atoms with E-state index in [1.807, 2.05) is 6.92 Å². The molecule has 0 aromatic rings. The van der Waals surface area contributed by atoms with Crippen LogP contribution in [0, 0.1) is 5.92 Å². The third kappa shape index (κ3) is 2.12. The van der Waals surface area contributed by atoms with Crippen molar-refractivity contribution in [2.45, 2.75) is 45.3 Å². The van der Waals surface area contributed by atoms with E-state index in [-0.39, 0.29) is 0 Å². The first-order chi connectivity index (χ1) is 6.95. The molecular weight excluding hydrogens is 206 g/mol. The lowest BCUT2D eigenvalue weighted by Gasteiger charge is -2.25. The lowest BCUT2D eigenvalue weighted by atomic mass is 9.89. The second-order valence-electron chi connectivity index (χ2n) is 3.87. The SMILES string of the molecule is CC[C@H]1O[C@@H](OC(C)=O)C(F)(CF)[C@H]1C. The van der Waals surface area contributed by atoms with Crippen LogP contribution in [0.1, 0.15) is 27.2 Å². The molecule has 5 heteroatoms. The normalized spacial score (nSPS) is 40.5. The summed E-state index contributed by atoms with van der Waals surface area (Å²) in [7, 11) is 0. The fourth-order valence-electron chi connectivity index (χ4n) is 1.82. The van der Waals surface area contributed by atoms with Crippen LogP contribution >= 0.6 is 0 Å². The summed E-state index contributed by atoms with van der Waals surface area (Å²) in [5.41, 5.74) is -2.22. The Hall–Kier alpha value is -0.710. The van der Waals surface area contributed by atoms with Gasteiger partial charge < -0.3 is 9.47 Å². The van der Waals surface area contributed by atoms with Gasteiger partial charge in [0.1, 0.15) is 6.67 Å². The molecule has 15 heavy (non-hydrogen) atoms. The van der Waals surface area contributed by atoms with E-state index in [1.165, 1.54) is 0 Å². The Labute approximate surface area is 87.7 Å². The molecule has 3 nitrogen and oxygen atoms in total. The number of alkyl halides is 2. The highest BCUT2D eigenvalue weighted by Crippen LogP contribution is 2.41. The molecule has 1 fully saturated rings. The quantitative estimate of drug-likeness (QED) is 0.685. The van der Waals surface area contributed by atoms with Crippen LogP contribution < -0.4 is 0 Å². The van der Waals surface area contributed by atoms with E-state index in [9.17, 15) is 13.6 Å². The van der Waals surface area contributed by atoms with E-state index in [0.29, 0.717) is 6.42 Å². The summed E-state index contributed by atoms with van der Waals surface area (Å²) >= 11 is 0. The summed E-state index contributed by atoms with van der Waals surface area (Å²) in [6.07, 6.45) is -1.26. The van der Waals surface area contributed by atoms with Gasteiger partial charge in [-0.15, -0.1) is 0 Å². The Kier molecular flexibility index (Phi) is 3.65. The molecule has 0 aromatic heterocycles. The lowest BCUT2D eigenvalue weighted by molar-refractivity contribution is -0.195. The first kappa shape index (κ1) is 12.4. The molecule has 0 N–H and O–H groups in total. The van der Waals surface area contributed by atoms with Gasteiger partial charge in [0.25, 0.3) is 0 Å². The first-order valence-electron chi connectivity index (χ1n) is 5.03. The van der Waals surface area contributed by atoms with E-state index in [2.05, 4.69) is 4.74 Å². The highest BCUT2D eigenvalue weighted by Gasteiger charge is 2.57. The third-order valence-corrected chi connectivity index (χ3v) is 2.89. The van der Waals surface area contributed by atoms with Gasteiger partial charge in [0.05, 0.1) is 6.10 Å². The number of carbonyl (C=O) groups excluding carboxylic acids is 1. The fraction of sp³-hybridized carbons (Fsp3) is 0.900. The minimum Gasteiger partial charge on any atom is -0.432 e. The zero-order valence-corrected chi connectivity index (χ0v) is 9.13. The van der Waals surface area contributed by atoms with Gasteiger partial charge in [-0.25, -0.2) is 8.78 Å². The molecule has 1 rings (SSSR count). The van der Waals surface area contributed by atoms with Crippen LogP contribution in [0.5, 0.6) is 0 Å². The minimum atomic E-state index is -2.22. The van der Waals surface area contributed by atoms with Crippen LogP contribution in [-0.4, -0.2) is 30.7 Å². The summed E-state index contributed by atoms with van der Waals surface area (Å²) < 4.78 is 36.6. The van der Waals surface area contributed by atoms with Crippen molar-refractivity contribution in [1.82, 2.24) is 0 Å². The Balaban J connectivity index is 2.82. The molecule has 1 aliphatic heterocycles. The average Bonchev–Trinajstić information content (AvgIpc) is 2.42. The Morgan fingerprint density at radius 2 is 2.20 bits per heavy atom. The summed E-state index contributed by atoms with van der Waals surface area (Å²) in [5, 5.41) is 0. The predicted molar refractivity (Wildman–Crippen MR) is 49.7 cm³/mol. The van der Waals surface area contributed by atoms with E-state index < -0.39 is 36.6 Å². The zero-order valence-electron chi connectivity index (χ0n) is 9.13. The largest absolute Gasteiger partial charge is 0.432 e. The van der Waals surface area contributed by atoms with E-state index in [1.54, 1.807) is 6.92 Å². The summed E-state index contributed by atoms with van der Waals surface area (Å²) in [6, 6.07) is 0. The zero-order chi connectivity index (χ0) is 11.6. The standard InChI is InChI=1S/C10H16F2O3/c1-4-8-6(2)10(12,5-11)9(15-8)14-7(3)13/h6,8-9H,4-5H2,1-3H3/t6-,8+,9+,10?/m0/s1. The minimum absolute atomic E-state index is 0.407. The maximum atomic E-state index is 14.1. The number of rotatable bonds is 3. The van der Waals surface area contributed by atoms with Crippen molar-refractivity contribution in [3.05, 3.63) is 0 Å². The van der Waals surface area contributed by atoms with Crippen LogP contribution in [0.2, 0.25) is 0 Å². The molecule has 0 amide bonds. The van der Waals surface area contributed by atoms with Gasteiger partial charge in [-0.1, -0.05) is 13.8 Å². The highest BCUT2D eigenvalue weighted by atomic mass is 19.2. The predicted octanol–water partition coefficient (Wildman–Crippen LogP) is 2.00. The van der Waals surface area contributed by atoms with Gasteiger partial charge in [0, 0.05) is 12.8 Å². The molecule has 1 heterocycles. The second-order valence-corrected chi connectivity index (χ2v) is 3.87. The van der Waals surface area contributed by atoms with Crippen molar-refractivity contribution in [2.24, 2.45) is 5.92 Å². The van der Waals surface area contributed by atoms with Crippen LogP contribution in [0.4, 0.5) is 8.78 Å². The maximum absolute atomic E-state index is 14.1. The number of hydrogen-bond donors (Lipinski definition) is 0. The summed E-state index contributed by atoms with van der Waals surface area (Å²) in [5.74, 6) is -1.28. The molecule has 0 spiro atoms. The van der Waals surface area contributed by atoms with Crippen LogP contribution in [0.25, 0.3) is 0 Å². The Morgan fingerprint density at radius 3 is 2.60 bits per heavy atom. The van der Waals surface area contributed by atoms with Gasteiger partial charge in [0.15, 0.2) is 0 Å². The van der Waals surface area contributed by atoms with Crippen LogP contribution in [0.3, 0.4) is 0 Å². The molecular formula is C10H16F2O3. The Morgan fingerprint density at radius 1 is 1.60 bits per heavy atom. The summed E-state index contributed by atoms with van der Waals surface area (Å²) in [6.45, 7) is 3.32. The Bertz CT molecular complexity index is 247. The van der Waals surface area contributed by atoms with Crippen molar-refractivity contribution in [3.63, 3.8) is 0 Å². The van der Waals surface area contributed by atoms with Gasteiger partial charge in [0.2, 0.25) is 12.0 Å². The maximum Gasteiger partial charge on any atom is 0.305 e. The van der Waals surface area contributed by atoms with Crippen molar-refractivity contribution in [3.8, 4) is 0 Å². The molecule has 1 aliphatic rings. The second kappa shape index (κ2) is 4.43. The highest BCUT2D eigenvalue weighted by molar-refractivity contribution is 5.66. The molecule has 0 bridgehead atoms. The molecule has 88 valence electrons. The van der Waals surface area contributed by atoms with Gasteiger partial charge in [-0.05, 0) is 6.42 Å². The molecule has 1 unspecified atom stereocenters. The molecule has 0 aliphatic carbocycles. The molecule has 0 aromatic carbocycles.